The van der Waals surface area contributed by atoms with E-state index < -0.39 is 15.9 Å². The number of para-hydroxylation sites is 1. The number of nitrogens with one attached hydrogen (secondary N) is 1. The van der Waals surface area contributed by atoms with Crippen LogP contribution in [0.3, 0.4) is 0 Å². The van der Waals surface area contributed by atoms with E-state index in [4.69, 9.17) is 19.9 Å². The number of ether oxygens (including phenoxy) is 3. The van der Waals surface area contributed by atoms with E-state index in [2.05, 4.69) is 9.97 Å². The lowest BCUT2D eigenvalue weighted by molar-refractivity contribution is 0.0978. The number of benzene rings is 2. The number of sulfonamides is 1. The van der Waals surface area contributed by atoms with Crippen LogP contribution in [0.15, 0.2) is 65.7 Å². The lowest BCUT2D eigenvalue weighted by atomic mass is 10.1. The first-order valence-corrected chi connectivity index (χ1v) is 13.1. The summed E-state index contributed by atoms with van der Waals surface area (Å²) in [4.78, 5) is 21.7. The minimum atomic E-state index is -4.32. The van der Waals surface area contributed by atoms with Gasteiger partial charge in [-0.1, -0.05) is 29.8 Å². The number of hydrogen-bond donors (Lipinski definition) is 2. The second-order valence-electron chi connectivity index (χ2n) is 8.75. The summed E-state index contributed by atoms with van der Waals surface area (Å²) in [5.41, 5.74) is 9.31. The number of nitrogens with two attached hydrogens (primary N) is 1. The standard InChI is InChI=1S/C27H24N4O6S/c1-15-12-16(2)24(17(3)13-15)37-27-19(26(32)31-38(33,34)23-9-5-8-22(28)30-23)10-11-20(29-27)18-6-4-7-21-25(18)36-14-35-21/h4-13H,14H2,1-3H3,(H2,28,30)(H,31,32). The zero-order valence-electron chi connectivity index (χ0n) is 20.8. The van der Waals surface area contributed by atoms with Gasteiger partial charge in [-0.3, -0.25) is 4.79 Å². The molecule has 0 saturated carbocycles. The van der Waals surface area contributed by atoms with E-state index in [9.17, 15) is 13.2 Å². The zero-order chi connectivity index (χ0) is 27.0. The van der Waals surface area contributed by atoms with Gasteiger partial charge in [0.15, 0.2) is 16.5 Å². The van der Waals surface area contributed by atoms with Crippen LogP contribution in [0.1, 0.15) is 27.0 Å². The molecule has 1 aliphatic rings. The lowest BCUT2D eigenvalue weighted by Crippen LogP contribution is -2.31. The molecule has 1 amide bonds. The molecule has 0 spiro atoms. The Morgan fingerprint density at radius 1 is 0.974 bits per heavy atom. The first kappa shape index (κ1) is 25.0. The highest BCUT2D eigenvalue weighted by atomic mass is 32.2. The third kappa shape index (κ3) is 4.83. The molecular weight excluding hydrogens is 508 g/mol. The fraction of sp³-hybridized carbons (Fsp3) is 0.148. The molecule has 11 heteroatoms. The minimum absolute atomic E-state index is 0.00211. The maximum atomic E-state index is 13.3. The highest BCUT2D eigenvalue weighted by molar-refractivity contribution is 7.90. The van der Waals surface area contributed by atoms with Gasteiger partial charge in [0, 0.05) is 5.56 Å². The molecule has 0 radical (unpaired) electrons. The van der Waals surface area contributed by atoms with Crippen LogP contribution in [-0.2, 0) is 10.0 Å². The Morgan fingerprint density at radius 2 is 1.71 bits per heavy atom. The Morgan fingerprint density at radius 3 is 2.45 bits per heavy atom. The van der Waals surface area contributed by atoms with Gasteiger partial charge in [-0.05, 0) is 68.3 Å². The van der Waals surface area contributed by atoms with Crippen LogP contribution in [0, 0.1) is 20.8 Å². The van der Waals surface area contributed by atoms with Crippen molar-refractivity contribution >= 4 is 21.7 Å². The van der Waals surface area contributed by atoms with Crippen LogP contribution in [0.4, 0.5) is 5.82 Å². The number of nitrogen functional groups attached to an aromatic ring is 1. The molecular formula is C27H24N4O6S. The molecule has 4 aromatic rings. The molecule has 0 unspecified atom stereocenters. The molecule has 0 saturated heterocycles. The van der Waals surface area contributed by atoms with Crippen LogP contribution in [-0.4, -0.2) is 31.1 Å². The molecule has 3 N–H and O–H groups in total. The van der Waals surface area contributed by atoms with Crippen LogP contribution in [0.5, 0.6) is 23.1 Å². The smallest absolute Gasteiger partial charge is 0.281 e. The molecule has 0 atom stereocenters. The number of aromatic nitrogens is 2. The number of pyridine rings is 2. The van der Waals surface area contributed by atoms with Gasteiger partial charge in [0.25, 0.3) is 15.9 Å². The maximum Gasteiger partial charge on any atom is 0.281 e. The van der Waals surface area contributed by atoms with Gasteiger partial charge in [0.2, 0.25) is 12.7 Å². The van der Waals surface area contributed by atoms with Gasteiger partial charge in [0.05, 0.1) is 5.69 Å². The Bertz CT molecular complexity index is 1660. The third-order valence-electron chi connectivity index (χ3n) is 5.83. The molecule has 3 heterocycles. The van der Waals surface area contributed by atoms with E-state index in [-0.39, 0.29) is 29.1 Å². The molecule has 1 aliphatic heterocycles. The number of anilines is 1. The molecule has 0 fully saturated rings. The average Bonchev–Trinajstić information content (AvgIpc) is 3.35. The van der Waals surface area contributed by atoms with E-state index in [1.165, 1.54) is 24.3 Å². The van der Waals surface area contributed by atoms with Crippen molar-refractivity contribution in [2.75, 3.05) is 12.5 Å². The van der Waals surface area contributed by atoms with Gasteiger partial charge in [-0.15, -0.1) is 0 Å². The lowest BCUT2D eigenvalue weighted by Gasteiger charge is -2.16. The first-order chi connectivity index (χ1) is 18.1. The summed E-state index contributed by atoms with van der Waals surface area (Å²) in [6.45, 7) is 5.80. The number of carbonyl (C=O) groups excluding carboxylic acids is 1. The summed E-state index contributed by atoms with van der Waals surface area (Å²) >= 11 is 0. The predicted molar refractivity (Wildman–Crippen MR) is 140 cm³/mol. The van der Waals surface area contributed by atoms with Gasteiger partial charge in [-0.25, -0.2) is 14.7 Å². The van der Waals surface area contributed by atoms with Gasteiger partial charge in [-0.2, -0.15) is 8.42 Å². The number of amides is 1. The molecule has 0 aliphatic carbocycles. The van der Waals surface area contributed by atoms with Crippen LogP contribution in [0.2, 0.25) is 0 Å². The second-order valence-corrected chi connectivity index (χ2v) is 10.4. The highest BCUT2D eigenvalue weighted by Gasteiger charge is 2.26. The predicted octanol–water partition coefficient (Wildman–Crippen LogP) is 4.29. The fourth-order valence-electron chi connectivity index (χ4n) is 4.21. The number of hydrogen-bond acceptors (Lipinski definition) is 9. The van der Waals surface area contributed by atoms with E-state index in [0.717, 1.165) is 16.7 Å². The van der Waals surface area contributed by atoms with E-state index >= 15 is 0 Å². The van der Waals surface area contributed by atoms with Crippen molar-refractivity contribution in [3.63, 3.8) is 0 Å². The number of nitrogens with zero attached hydrogens (tertiary/aromatic N) is 2. The van der Waals surface area contributed by atoms with Crippen molar-refractivity contribution in [2.45, 2.75) is 25.8 Å². The zero-order valence-corrected chi connectivity index (χ0v) is 21.6. The fourth-order valence-corrected chi connectivity index (χ4v) is 5.15. The quantitative estimate of drug-likeness (QED) is 0.372. The number of aryl methyl sites for hydroxylation is 3. The SMILES string of the molecule is Cc1cc(C)c(Oc2nc(-c3cccc4c3OCO4)ccc2C(=O)NS(=O)(=O)c2cccc(N)n2)c(C)c1. The number of fused-ring (bicyclic) bond motifs is 1. The number of rotatable bonds is 6. The van der Waals surface area contributed by atoms with Crippen molar-refractivity contribution in [3.8, 4) is 34.4 Å². The molecule has 2 aromatic heterocycles. The Hall–Kier alpha value is -4.64. The van der Waals surface area contributed by atoms with Gasteiger partial charge in [0.1, 0.15) is 17.1 Å². The van der Waals surface area contributed by atoms with Crippen molar-refractivity contribution in [1.29, 1.82) is 0 Å². The first-order valence-electron chi connectivity index (χ1n) is 11.6. The van der Waals surface area contributed by atoms with Crippen molar-refractivity contribution < 1.29 is 27.4 Å². The van der Waals surface area contributed by atoms with Gasteiger partial charge >= 0.3 is 0 Å². The Kier molecular flexibility index (Phi) is 6.37. The summed E-state index contributed by atoms with van der Waals surface area (Å²) in [5.74, 6) is 0.571. The van der Waals surface area contributed by atoms with E-state index in [0.29, 0.717) is 28.5 Å². The number of carbonyl (C=O) groups is 1. The highest BCUT2D eigenvalue weighted by Crippen LogP contribution is 2.41. The van der Waals surface area contributed by atoms with E-state index in [1.54, 1.807) is 24.3 Å². The van der Waals surface area contributed by atoms with Crippen molar-refractivity contribution in [2.24, 2.45) is 0 Å². The summed E-state index contributed by atoms with van der Waals surface area (Å²) in [6, 6.07) is 16.4. The largest absolute Gasteiger partial charge is 0.454 e. The van der Waals surface area contributed by atoms with Crippen molar-refractivity contribution in [1.82, 2.24) is 14.7 Å². The molecule has 0 bridgehead atoms. The topological polar surface area (TPSA) is 143 Å². The van der Waals surface area contributed by atoms with Crippen molar-refractivity contribution in [3.05, 3.63) is 82.9 Å². The van der Waals surface area contributed by atoms with Gasteiger partial charge < -0.3 is 19.9 Å². The molecule has 38 heavy (non-hydrogen) atoms. The molecule has 194 valence electrons. The summed E-state index contributed by atoms with van der Waals surface area (Å²) in [7, 11) is -4.32. The summed E-state index contributed by atoms with van der Waals surface area (Å²) < 4.78 is 45.0. The monoisotopic (exact) mass is 532 g/mol. The summed E-state index contributed by atoms with van der Waals surface area (Å²) in [6.07, 6.45) is 0. The minimum Gasteiger partial charge on any atom is -0.454 e. The second kappa shape index (κ2) is 9.67. The maximum absolute atomic E-state index is 13.3. The Labute approximate surface area is 219 Å². The van der Waals surface area contributed by atoms with Crippen LogP contribution < -0.4 is 24.7 Å². The Balaban J connectivity index is 1.58. The third-order valence-corrected chi connectivity index (χ3v) is 7.06. The molecule has 2 aromatic carbocycles. The van der Waals surface area contributed by atoms with Crippen LogP contribution in [0.25, 0.3) is 11.3 Å². The average molecular weight is 533 g/mol. The molecule has 10 nitrogen and oxygen atoms in total. The summed E-state index contributed by atoms with van der Waals surface area (Å²) in [5, 5.41) is -0.389. The normalized spacial score (nSPS) is 12.3. The van der Waals surface area contributed by atoms with E-state index in [1.807, 2.05) is 37.6 Å². The van der Waals surface area contributed by atoms with Crippen LogP contribution >= 0.6 is 0 Å². The molecule has 5 rings (SSSR count).